The molecule has 0 bridgehead atoms. The molecular formula is C8H11N2S+. The van der Waals surface area contributed by atoms with Gasteiger partial charge in [-0.05, 0) is 13.8 Å². The third kappa shape index (κ3) is 1.26. The predicted molar refractivity (Wildman–Crippen MR) is 44.4 cm³/mol. The molecule has 0 unspecified atom stereocenters. The molecule has 2 nitrogen and oxygen atoms in total. The van der Waals surface area contributed by atoms with Gasteiger partial charge in [0.2, 0.25) is 5.69 Å². The summed E-state index contributed by atoms with van der Waals surface area (Å²) < 4.78 is 2.13. The molecule has 1 rings (SSSR count). The molecule has 0 fully saturated rings. The van der Waals surface area contributed by atoms with Crippen LogP contribution in [0.4, 0.5) is 0 Å². The van der Waals surface area contributed by atoms with E-state index in [4.69, 9.17) is 5.26 Å². The van der Waals surface area contributed by atoms with Crippen LogP contribution in [-0.2, 0) is 6.54 Å². The Balaban J connectivity index is 3.28. The van der Waals surface area contributed by atoms with E-state index in [1.165, 1.54) is 0 Å². The first kappa shape index (κ1) is 8.22. The second-order valence-corrected chi connectivity index (χ2v) is 3.65. The standard InChI is InChI=1S/C8H11N2S/c1-4-10-6(2)8(5-9)7(3)11-10/h4H2,1-3H3/q+1. The Hall–Kier alpha value is -0.880. The predicted octanol–water partition coefficient (Wildman–Crippen LogP) is 1.54. The fraction of sp³-hybridized carbons (Fsp3) is 0.500. The summed E-state index contributed by atoms with van der Waals surface area (Å²) in [5, 5.41) is 8.75. The van der Waals surface area contributed by atoms with E-state index >= 15 is 0 Å². The number of hydrogen-bond acceptors (Lipinski definition) is 2. The van der Waals surface area contributed by atoms with Crippen LogP contribution in [0, 0.1) is 25.2 Å². The van der Waals surface area contributed by atoms with Crippen LogP contribution in [0.3, 0.4) is 0 Å². The summed E-state index contributed by atoms with van der Waals surface area (Å²) >= 11 is 1.66. The van der Waals surface area contributed by atoms with Gasteiger partial charge in [-0.25, -0.2) is 0 Å². The Morgan fingerprint density at radius 2 is 2.18 bits per heavy atom. The van der Waals surface area contributed by atoms with Crippen LogP contribution < -0.4 is 3.96 Å². The molecule has 0 N–H and O–H groups in total. The largest absolute Gasteiger partial charge is 0.211 e. The lowest BCUT2D eigenvalue weighted by molar-refractivity contribution is -0.631. The van der Waals surface area contributed by atoms with E-state index in [0.29, 0.717) is 0 Å². The van der Waals surface area contributed by atoms with Crippen molar-refractivity contribution >= 4 is 11.5 Å². The van der Waals surface area contributed by atoms with Gasteiger partial charge in [-0.1, -0.05) is 0 Å². The van der Waals surface area contributed by atoms with Crippen molar-refractivity contribution in [3.05, 3.63) is 16.1 Å². The highest BCUT2D eigenvalue weighted by atomic mass is 32.1. The second kappa shape index (κ2) is 3.02. The zero-order valence-corrected chi connectivity index (χ0v) is 7.83. The van der Waals surface area contributed by atoms with E-state index in [1.54, 1.807) is 11.5 Å². The summed E-state index contributed by atoms with van der Waals surface area (Å²) in [6, 6.07) is 2.21. The highest BCUT2D eigenvalue weighted by Gasteiger charge is 2.17. The maximum absolute atomic E-state index is 8.75. The monoisotopic (exact) mass is 167 g/mol. The van der Waals surface area contributed by atoms with Crippen LogP contribution in [0.1, 0.15) is 23.1 Å². The van der Waals surface area contributed by atoms with Crippen LogP contribution in [0.15, 0.2) is 0 Å². The molecule has 0 atom stereocenters. The van der Waals surface area contributed by atoms with Gasteiger partial charge < -0.3 is 0 Å². The summed E-state index contributed by atoms with van der Waals surface area (Å²) in [6.07, 6.45) is 0. The zero-order chi connectivity index (χ0) is 8.43. The minimum atomic E-state index is 0.844. The van der Waals surface area contributed by atoms with E-state index < -0.39 is 0 Å². The molecule has 0 aromatic carbocycles. The Labute approximate surface area is 70.9 Å². The minimum Gasteiger partial charge on any atom is -0.192 e. The number of nitriles is 1. The minimum absolute atomic E-state index is 0.844. The highest BCUT2D eigenvalue weighted by Crippen LogP contribution is 2.13. The van der Waals surface area contributed by atoms with Crippen molar-refractivity contribution in [2.24, 2.45) is 0 Å². The second-order valence-electron chi connectivity index (χ2n) is 2.41. The Kier molecular flexibility index (Phi) is 2.25. The summed E-state index contributed by atoms with van der Waals surface area (Å²) in [6.45, 7) is 7.02. The SMILES string of the molecule is CC[n+]1sc(C)c(C#N)c1C. The van der Waals surface area contributed by atoms with E-state index in [1.807, 2.05) is 13.8 Å². The summed E-state index contributed by atoms with van der Waals surface area (Å²) in [5.74, 6) is 0. The molecule has 1 heterocycles. The molecule has 0 saturated carbocycles. The van der Waals surface area contributed by atoms with Crippen molar-refractivity contribution < 1.29 is 3.96 Å². The molecule has 58 valence electrons. The van der Waals surface area contributed by atoms with Gasteiger partial charge in [0.05, 0.1) is 4.88 Å². The van der Waals surface area contributed by atoms with E-state index in [2.05, 4.69) is 16.9 Å². The Bertz CT molecular complexity index is 307. The molecule has 1 aromatic heterocycles. The average molecular weight is 167 g/mol. The van der Waals surface area contributed by atoms with Gasteiger partial charge in [0.1, 0.15) is 23.2 Å². The molecule has 0 aliphatic rings. The van der Waals surface area contributed by atoms with Gasteiger partial charge in [-0.15, -0.1) is 3.96 Å². The molecule has 0 amide bonds. The highest BCUT2D eigenvalue weighted by molar-refractivity contribution is 7.01. The maximum atomic E-state index is 8.75. The molecule has 0 aliphatic carbocycles. The van der Waals surface area contributed by atoms with Crippen LogP contribution in [0.5, 0.6) is 0 Å². The van der Waals surface area contributed by atoms with Crippen molar-refractivity contribution in [3.8, 4) is 6.07 Å². The van der Waals surface area contributed by atoms with Crippen LogP contribution in [0.25, 0.3) is 0 Å². The molecule has 0 saturated heterocycles. The molecule has 0 aliphatic heterocycles. The van der Waals surface area contributed by atoms with E-state index in [9.17, 15) is 0 Å². The van der Waals surface area contributed by atoms with Gasteiger partial charge >= 0.3 is 0 Å². The lowest BCUT2D eigenvalue weighted by atomic mass is 10.2. The molecular weight excluding hydrogens is 156 g/mol. The molecule has 11 heavy (non-hydrogen) atoms. The summed E-state index contributed by atoms with van der Waals surface area (Å²) in [4.78, 5) is 1.12. The van der Waals surface area contributed by atoms with Crippen molar-refractivity contribution in [1.82, 2.24) is 0 Å². The zero-order valence-electron chi connectivity index (χ0n) is 7.01. The quantitative estimate of drug-likeness (QED) is 0.583. The first-order chi connectivity index (χ1) is 5.20. The molecule has 0 radical (unpaired) electrons. The fourth-order valence-corrected chi connectivity index (χ4v) is 2.09. The lowest BCUT2D eigenvalue weighted by Crippen LogP contribution is -2.29. The molecule has 1 aromatic rings. The number of hydrogen-bond donors (Lipinski definition) is 0. The summed E-state index contributed by atoms with van der Waals surface area (Å²) in [7, 11) is 0. The van der Waals surface area contributed by atoms with Crippen molar-refractivity contribution in [1.29, 1.82) is 5.26 Å². The van der Waals surface area contributed by atoms with E-state index in [-0.39, 0.29) is 0 Å². The number of nitrogens with zero attached hydrogens (tertiary/aromatic N) is 2. The maximum Gasteiger partial charge on any atom is 0.211 e. The number of aryl methyl sites for hydroxylation is 2. The van der Waals surface area contributed by atoms with Crippen molar-refractivity contribution in [3.63, 3.8) is 0 Å². The van der Waals surface area contributed by atoms with Gasteiger partial charge in [0, 0.05) is 6.92 Å². The number of aromatic nitrogens is 1. The average Bonchev–Trinajstić information content (AvgIpc) is 2.26. The van der Waals surface area contributed by atoms with Crippen molar-refractivity contribution in [2.45, 2.75) is 27.3 Å². The third-order valence-electron chi connectivity index (χ3n) is 1.73. The topological polar surface area (TPSA) is 27.7 Å². The van der Waals surface area contributed by atoms with Gasteiger partial charge in [-0.2, -0.15) is 5.26 Å². The summed E-state index contributed by atoms with van der Waals surface area (Å²) in [5.41, 5.74) is 1.94. The Morgan fingerprint density at radius 1 is 1.55 bits per heavy atom. The first-order valence-corrected chi connectivity index (χ1v) is 4.38. The molecule has 3 heteroatoms. The van der Waals surface area contributed by atoms with Gasteiger partial charge in [-0.3, -0.25) is 0 Å². The van der Waals surface area contributed by atoms with Gasteiger partial charge in [0.15, 0.2) is 6.54 Å². The van der Waals surface area contributed by atoms with Crippen LogP contribution >= 0.6 is 11.5 Å². The number of rotatable bonds is 1. The normalized spacial score (nSPS) is 9.64. The fourth-order valence-electron chi connectivity index (χ4n) is 1.12. The molecule has 0 spiro atoms. The lowest BCUT2D eigenvalue weighted by Gasteiger charge is -1.83. The Morgan fingerprint density at radius 3 is 2.45 bits per heavy atom. The van der Waals surface area contributed by atoms with Crippen LogP contribution in [0.2, 0.25) is 0 Å². The van der Waals surface area contributed by atoms with Gasteiger partial charge in [0.25, 0.3) is 0 Å². The smallest absolute Gasteiger partial charge is 0.192 e. The van der Waals surface area contributed by atoms with Crippen molar-refractivity contribution in [2.75, 3.05) is 0 Å². The van der Waals surface area contributed by atoms with E-state index in [0.717, 1.165) is 22.7 Å². The third-order valence-corrected chi connectivity index (χ3v) is 2.96. The van der Waals surface area contributed by atoms with Crippen LogP contribution in [-0.4, -0.2) is 0 Å². The first-order valence-electron chi connectivity index (χ1n) is 3.61.